The Labute approximate surface area is 222 Å². The van der Waals surface area contributed by atoms with Crippen LogP contribution in [0.1, 0.15) is 53.4 Å². The molecule has 0 saturated carbocycles. The number of rotatable bonds is 10. The highest BCUT2D eigenvalue weighted by Crippen LogP contribution is 2.27. The number of carbonyl (C=O) groups is 3. The molecular formula is C24H25Cl2N5O4S. The molecule has 1 aromatic heterocycles. The Morgan fingerprint density at radius 1 is 1.03 bits per heavy atom. The predicted octanol–water partition coefficient (Wildman–Crippen LogP) is 5.16. The fourth-order valence-electron chi connectivity index (χ4n) is 3.35. The number of anilines is 1. The van der Waals surface area contributed by atoms with Gasteiger partial charge in [-0.2, -0.15) is 0 Å². The molecular weight excluding hydrogens is 525 g/mol. The van der Waals surface area contributed by atoms with Crippen molar-refractivity contribution in [3.8, 4) is 0 Å². The van der Waals surface area contributed by atoms with Gasteiger partial charge in [0, 0.05) is 17.8 Å². The highest BCUT2D eigenvalue weighted by Gasteiger charge is 2.26. The third-order valence-corrected chi connectivity index (χ3v) is 6.93. The summed E-state index contributed by atoms with van der Waals surface area (Å²) in [5.74, 6) is -0.981. The molecule has 3 rings (SSSR count). The van der Waals surface area contributed by atoms with E-state index in [0.29, 0.717) is 33.8 Å². The number of benzene rings is 2. The third kappa shape index (κ3) is 6.77. The van der Waals surface area contributed by atoms with Crippen molar-refractivity contribution in [2.24, 2.45) is 5.92 Å². The lowest BCUT2D eigenvalue weighted by Crippen LogP contribution is -2.33. The van der Waals surface area contributed by atoms with Crippen molar-refractivity contribution in [2.75, 3.05) is 11.1 Å². The molecule has 190 valence electrons. The fraction of sp³-hybridized carbons (Fsp3) is 0.292. The van der Waals surface area contributed by atoms with E-state index in [1.165, 1.54) is 42.1 Å². The van der Waals surface area contributed by atoms with Gasteiger partial charge in [0.25, 0.3) is 5.91 Å². The Balaban J connectivity index is 1.69. The van der Waals surface area contributed by atoms with Gasteiger partial charge in [0.2, 0.25) is 5.91 Å². The number of carboxylic acids is 1. The summed E-state index contributed by atoms with van der Waals surface area (Å²) >= 11 is 13.2. The highest BCUT2D eigenvalue weighted by molar-refractivity contribution is 7.99. The molecule has 0 spiro atoms. The molecule has 0 aliphatic rings. The molecule has 0 aliphatic heterocycles. The molecule has 12 heteroatoms. The Bertz CT molecular complexity index is 1260. The summed E-state index contributed by atoms with van der Waals surface area (Å²) in [6, 6.07) is 10.1. The molecule has 1 atom stereocenters. The van der Waals surface area contributed by atoms with E-state index in [1.54, 1.807) is 12.1 Å². The van der Waals surface area contributed by atoms with Gasteiger partial charge in [-0.05, 0) is 55.3 Å². The van der Waals surface area contributed by atoms with E-state index in [1.807, 2.05) is 25.3 Å². The number of nitrogens with one attached hydrogen (secondary N) is 2. The zero-order valence-electron chi connectivity index (χ0n) is 19.8. The number of aromatic nitrogens is 3. The first-order valence-electron chi connectivity index (χ1n) is 11.1. The average Bonchev–Trinajstić information content (AvgIpc) is 3.25. The quantitative estimate of drug-likeness (QED) is 0.298. The predicted molar refractivity (Wildman–Crippen MR) is 140 cm³/mol. The Morgan fingerprint density at radius 3 is 2.28 bits per heavy atom. The van der Waals surface area contributed by atoms with Gasteiger partial charge in [0.15, 0.2) is 11.0 Å². The van der Waals surface area contributed by atoms with E-state index in [4.69, 9.17) is 28.3 Å². The molecule has 0 fully saturated rings. The smallest absolute Gasteiger partial charge is 0.335 e. The number of carbonyl (C=O) groups excluding carboxylic acids is 2. The van der Waals surface area contributed by atoms with E-state index in [0.717, 1.165) is 0 Å². The van der Waals surface area contributed by atoms with Crippen LogP contribution >= 0.6 is 35.0 Å². The second-order valence-corrected chi connectivity index (χ2v) is 9.89. The summed E-state index contributed by atoms with van der Waals surface area (Å²) in [5, 5.41) is 24.5. The van der Waals surface area contributed by atoms with Crippen molar-refractivity contribution in [3.63, 3.8) is 0 Å². The van der Waals surface area contributed by atoms with Crippen molar-refractivity contribution in [3.05, 3.63) is 69.5 Å². The summed E-state index contributed by atoms with van der Waals surface area (Å²) < 4.78 is 1.86. The minimum atomic E-state index is -1.04. The average molecular weight is 550 g/mol. The zero-order chi connectivity index (χ0) is 26.4. The van der Waals surface area contributed by atoms with E-state index in [-0.39, 0.29) is 34.1 Å². The number of thioether (sulfide) groups is 1. The van der Waals surface area contributed by atoms with Crippen LogP contribution in [0.25, 0.3) is 0 Å². The highest BCUT2D eigenvalue weighted by atomic mass is 35.5. The van der Waals surface area contributed by atoms with Crippen LogP contribution in [-0.2, 0) is 11.3 Å². The molecule has 0 aliphatic carbocycles. The van der Waals surface area contributed by atoms with E-state index >= 15 is 0 Å². The summed E-state index contributed by atoms with van der Waals surface area (Å²) in [6.45, 7) is 6.39. The lowest BCUT2D eigenvalue weighted by molar-refractivity contribution is -0.113. The van der Waals surface area contributed by atoms with Crippen LogP contribution in [0.5, 0.6) is 0 Å². The number of hydrogen-bond acceptors (Lipinski definition) is 6. The summed E-state index contributed by atoms with van der Waals surface area (Å²) in [7, 11) is 0. The molecule has 3 N–H and O–H groups in total. The van der Waals surface area contributed by atoms with Crippen molar-refractivity contribution in [1.82, 2.24) is 20.1 Å². The Kier molecular flexibility index (Phi) is 9.36. The van der Waals surface area contributed by atoms with Crippen LogP contribution in [0, 0.1) is 5.92 Å². The Hall–Kier alpha value is -3.08. The van der Waals surface area contributed by atoms with Gasteiger partial charge in [-0.3, -0.25) is 9.59 Å². The molecule has 3 aromatic rings. The van der Waals surface area contributed by atoms with Crippen molar-refractivity contribution >= 4 is 58.4 Å². The standard InChI is InChI=1S/C24H25Cl2N5O4S/c1-4-31-21(20(13(2)3)28-22(33)15-7-10-17(25)18(26)11-15)29-30-24(31)36-12-19(32)27-16-8-5-14(6-9-16)23(34)35/h5-11,13,20H,4,12H2,1-3H3,(H,27,32)(H,28,33)(H,34,35)/t20-/m0/s1. The van der Waals surface area contributed by atoms with Crippen molar-refractivity contribution < 1.29 is 19.5 Å². The van der Waals surface area contributed by atoms with Gasteiger partial charge < -0.3 is 20.3 Å². The molecule has 0 radical (unpaired) electrons. The first-order valence-corrected chi connectivity index (χ1v) is 12.8. The molecule has 1 heterocycles. The topological polar surface area (TPSA) is 126 Å². The van der Waals surface area contributed by atoms with Gasteiger partial charge in [0.1, 0.15) is 0 Å². The maximum Gasteiger partial charge on any atom is 0.335 e. The van der Waals surface area contributed by atoms with Crippen molar-refractivity contribution in [2.45, 2.75) is 38.5 Å². The lowest BCUT2D eigenvalue weighted by atomic mass is 10.0. The van der Waals surface area contributed by atoms with Crippen LogP contribution in [0.3, 0.4) is 0 Å². The maximum absolute atomic E-state index is 12.9. The first kappa shape index (κ1) is 27.5. The second-order valence-electron chi connectivity index (χ2n) is 8.13. The van der Waals surface area contributed by atoms with Crippen LogP contribution in [0.4, 0.5) is 5.69 Å². The maximum atomic E-state index is 12.9. The number of aromatic carboxylic acids is 1. The minimum absolute atomic E-state index is 0.00106. The number of carboxylic acid groups (broad SMARTS) is 1. The monoisotopic (exact) mass is 549 g/mol. The van der Waals surface area contributed by atoms with Gasteiger partial charge >= 0.3 is 5.97 Å². The summed E-state index contributed by atoms with van der Waals surface area (Å²) in [5.41, 5.74) is 1.00. The Morgan fingerprint density at radius 2 is 1.69 bits per heavy atom. The molecule has 36 heavy (non-hydrogen) atoms. The molecule has 0 bridgehead atoms. The van der Waals surface area contributed by atoms with Crippen molar-refractivity contribution in [1.29, 1.82) is 0 Å². The van der Waals surface area contributed by atoms with Crippen LogP contribution in [0.2, 0.25) is 10.0 Å². The summed E-state index contributed by atoms with van der Waals surface area (Å²) in [4.78, 5) is 36.3. The van der Waals surface area contributed by atoms with E-state index in [2.05, 4.69) is 20.8 Å². The SMILES string of the molecule is CCn1c(SCC(=O)Nc2ccc(C(=O)O)cc2)nnc1[C@@H](NC(=O)c1ccc(Cl)c(Cl)c1)C(C)C. The van der Waals surface area contributed by atoms with Gasteiger partial charge in [-0.15, -0.1) is 10.2 Å². The summed E-state index contributed by atoms with van der Waals surface area (Å²) in [6.07, 6.45) is 0. The second kappa shape index (κ2) is 12.2. The molecule has 2 aromatic carbocycles. The van der Waals surface area contributed by atoms with E-state index in [9.17, 15) is 14.4 Å². The molecule has 9 nitrogen and oxygen atoms in total. The largest absolute Gasteiger partial charge is 0.478 e. The minimum Gasteiger partial charge on any atom is -0.478 e. The number of halogens is 2. The number of amides is 2. The first-order chi connectivity index (χ1) is 17.1. The van der Waals surface area contributed by atoms with Crippen LogP contribution in [0.15, 0.2) is 47.6 Å². The number of hydrogen-bond donors (Lipinski definition) is 3. The van der Waals surface area contributed by atoms with E-state index < -0.39 is 12.0 Å². The number of nitrogens with zero attached hydrogens (tertiary/aromatic N) is 3. The van der Waals surface area contributed by atoms with Gasteiger partial charge in [-0.25, -0.2) is 4.79 Å². The zero-order valence-corrected chi connectivity index (χ0v) is 22.1. The molecule has 0 unspecified atom stereocenters. The van der Waals surface area contributed by atoms with Gasteiger partial charge in [-0.1, -0.05) is 48.8 Å². The fourth-order valence-corrected chi connectivity index (χ4v) is 4.46. The molecule has 2 amide bonds. The van der Waals surface area contributed by atoms with Gasteiger partial charge in [0.05, 0.1) is 27.4 Å². The van der Waals surface area contributed by atoms with Crippen LogP contribution in [-0.4, -0.2) is 43.4 Å². The van der Waals surface area contributed by atoms with Crippen LogP contribution < -0.4 is 10.6 Å². The third-order valence-electron chi connectivity index (χ3n) is 5.22. The lowest BCUT2D eigenvalue weighted by Gasteiger charge is -2.22. The normalized spacial score (nSPS) is 11.8. The molecule has 0 saturated heterocycles.